The Labute approximate surface area is 122 Å². The Morgan fingerprint density at radius 3 is 2.75 bits per heavy atom. The number of nitrogens with zero attached hydrogens (tertiary/aromatic N) is 1. The van der Waals surface area contributed by atoms with Gasteiger partial charge < -0.3 is 9.84 Å². The molecule has 2 atom stereocenters. The molecule has 0 heterocycles. The van der Waals surface area contributed by atoms with Crippen LogP contribution in [0, 0.1) is 5.92 Å². The highest BCUT2D eigenvalue weighted by atomic mass is 16.5. The van der Waals surface area contributed by atoms with Crippen molar-refractivity contribution in [2.24, 2.45) is 5.92 Å². The van der Waals surface area contributed by atoms with Crippen LogP contribution in [0.5, 0.6) is 0 Å². The normalized spacial score (nSPS) is 22.6. The molecule has 1 N–H and O–H groups in total. The quantitative estimate of drug-likeness (QED) is 0.832. The smallest absolute Gasteiger partial charge is 0.0713 e. The largest absolute Gasteiger partial charge is 0.395 e. The number of ether oxygens (including phenoxy) is 1. The van der Waals surface area contributed by atoms with E-state index in [1.54, 1.807) is 7.11 Å². The Hall–Kier alpha value is -0.900. The Morgan fingerprint density at radius 2 is 2.10 bits per heavy atom. The molecule has 3 heteroatoms. The van der Waals surface area contributed by atoms with Crippen LogP contribution in [0.25, 0.3) is 0 Å². The fourth-order valence-electron chi connectivity index (χ4n) is 3.25. The summed E-state index contributed by atoms with van der Waals surface area (Å²) in [5.74, 6) is 0.820. The third-order valence-corrected chi connectivity index (χ3v) is 4.26. The Balaban J connectivity index is 2.01. The van der Waals surface area contributed by atoms with Crippen LogP contribution in [0.4, 0.5) is 0 Å². The van der Waals surface area contributed by atoms with Crippen LogP contribution in [-0.2, 0) is 17.9 Å². The molecule has 1 saturated carbocycles. The minimum Gasteiger partial charge on any atom is -0.395 e. The van der Waals surface area contributed by atoms with E-state index in [4.69, 9.17) is 4.74 Å². The summed E-state index contributed by atoms with van der Waals surface area (Å²) >= 11 is 0. The predicted octanol–water partition coefficient (Wildman–Crippen LogP) is 2.82. The highest BCUT2D eigenvalue weighted by molar-refractivity contribution is 5.23. The third kappa shape index (κ3) is 4.30. The van der Waals surface area contributed by atoms with E-state index in [1.807, 2.05) is 0 Å². The van der Waals surface area contributed by atoms with E-state index in [1.165, 1.54) is 30.4 Å². The molecule has 1 fully saturated rings. The van der Waals surface area contributed by atoms with Gasteiger partial charge in [0.15, 0.2) is 0 Å². The van der Waals surface area contributed by atoms with Gasteiger partial charge in [-0.1, -0.05) is 31.2 Å². The molecule has 0 bridgehead atoms. The number of hydrogen-bond donors (Lipinski definition) is 1. The van der Waals surface area contributed by atoms with Crippen LogP contribution in [0.15, 0.2) is 24.3 Å². The zero-order valence-corrected chi connectivity index (χ0v) is 12.7. The average molecular weight is 277 g/mol. The van der Waals surface area contributed by atoms with Gasteiger partial charge >= 0.3 is 0 Å². The molecule has 1 aliphatic rings. The van der Waals surface area contributed by atoms with Gasteiger partial charge in [-0.05, 0) is 36.3 Å². The predicted molar refractivity (Wildman–Crippen MR) is 81.5 cm³/mol. The molecule has 2 rings (SSSR count). The lowest BCUT2D eigenvalue weighted by molar-refractivity contribution is 0.142. The van der Waals surface area contributed by atoms with E-state index in [2.05, 4.69) is 36.1 Å². The summed E-state index contributed by atoms with van der Waals surface area (Å²) in [5, 5.41) is 9.32. The fourth-order valence-corrected chi connectivity index (χ4v) is 3.25. The number of benzene rings is 1. The highest BCUT2D eigenvalue weighted by Crippen LogP contribution is 2.29. The van der Waals surface area contributed by atoms with Crippen LogP contribution in [0.2, 0.25) is 0 Å². The molecule has 20 heavy (non-hydrogen) atoms. The number of methoxy groups -OCH3 is 1. The molecule has 1 aliphatic carbocycles. The minimum atomic E-state index is 0.239. The second-order valence-electron chi connectivity index (χ2n) is 6.02. The van der Waals surface area contributed by atoms with Gasteiger partial charge in [-0.2, -0.15) is 0 Å². The first-order valence-electron chi connectivity index (χ1n) is 7.64. The number of aliphatic hydroxyl groups excluding tert-OH is 1. The number of rotatable bonds is 7. The zero-order valence-electron chi connectivity index (χ0n) is 12.7. The monoisotopic (exact) mass is 277 g/mol. The molecule has 0 aliphatic heterocycles. The molecule has 3 nitrogen and oxygen atoms in total. The van der Waals surface area contributed by atoms with Gasteiger partial charge in [0.2, 0.25) is 0 Å². The van der Waals surface area contributed by atoms with Gasteiger partial charge in [0.1, 0.15) is 0 Å². The van der Waals surface area contributed by atoms with Crippen molar-refractivity contribution in [3.63, 3.8) is 0 Å². The van der Waals surface area contributed by atoms with E-state index in [0.717, 1.165) is 19.0 Å². The van der Waals surface area contributed by atoms with E-state index >= 15 is 0 Å². The van der Waals surface area contributed by atoms with Crippen molar-refractivity contribution in [1.82, 2.24) is 4.90 Å². The molecule has 1 aromatic carbocycles. The first-order chi connectivity index (χ1) is 9.72. The van der Waals surface area contributed by atoms with Gasteiger partial charge in [0.05, 0.1) is 13.2 Å². The standard InChI is InChI=1S/C17H27NO2/c1-14-6-7-17(10-14)18(8-9-19)12-15-4-3-5-16(11-15)13-20-2/h3-5,11,14,17,19H,6-10,12-13H2,1-2H3/t14-,17-/m0/s1. The summed E-state index contributed by atoms with van der Waals surface area (Å²) < 4.78 is 5.20. The van der Waals surface area contributed by atoms with Crippen molar-refractivity contribution < 1.29 is 9.84 Å². The van der Waals surface area contributed by atoms with Crippen LogP contribution in [0.3, 0.4) is 0 Å². The Kier molecular flexibility index (Phi) is 6.02. The molecular weight excluding hydrogens is 250 g/mol. The second-order valence-corrected chi connectivity index (χ2v) is 6.02. The van der Waals surface area contributed by atoms with Crippen LogP contribution in [0.1, 0.15) is 37.3 Å². The van der Waals surface area contributed by atoms with E-state index in [0.29, 0.717) is 12.6 Å². The molecule has 0 amide bonds. The molecule has 0 unspecified atom stereocenters. The third-order valence-electron chi connectivity index (χ3n) is 4.26. The molecule has 112 valence electrons. The number of aliphatic hydroxyl groups is 1. The van der Waals surface area contributed by atoms with Crippen LogP contribution < -0.4 is 0 Å². The number of hydrogen-bond acceptors (Lipinski definition) is 3. The summed E-state index contributed by atoms with van der Waals surface area (Å²) in [4.78, 5) is 2.44. The van der Waals surface area contributed by atoms with E-state index in [9.17, 15) is 5.11 Å². The van der Waals surface area contributed by atoms with Crippen LogP contribution >= 0.6 is 0 Å². The first kappa shape index (κ1) is 15.5. The second kappa shape index (κ2) is 7.77. The molecule has 1 aromatic rings. The molecule has 0 radical (unpaired) electrons. The van der Waals surface area contributed by atoms with Crippen molar-refractivity contribution >= 4 is 0 Å². The Bertz CT molecular complexity index is 408. The molecule has 0 saturated heterocycles. The first-order valence-corrected chi connectivity index (χ1v) is 7.64. The average Bonchev–Trinajstić information content (AvgIpc) is 2.86. The summed E-state index contributed by atoms with van der Waals surface area (Å²) in [6.07, 6.45) is 3.84. The van der Waals surface area contributed by atoms with Gasteiger partial charge in [-0.15, -0.1) is 0 Å². The van der Waals surface area contributed by atoms with Crippen LogP contribution in [-0.4, -0.2) is 36.3 Å². The lowest BCUT2D eigenvalue weighted by Gasteiger charge is -2.28. The van der Waals surface area contributed by atoms with Crippen molar-refractivity contribution in [3.05, 3.63) is 35.4 Å². The van der Waals surface area contributed by atoms with Crippen molar-refractivity contribution in [1.29, 1.82) is 0 Å². The molecular formula is C17H27NO2. The van der Waals surface area contributed by atoms with Gasteiger partial charge in [-0.3, -0.25) is 4.90 Å². The lowest BCUT2D eigenvalue weighted by atomic mass is 10.1. The SMILES string of the molecule is COCc1cccc(CN(CCO)[C@H]2CC[C@H](C)C2)c1. The van der Waals surface area contributed by atoms with Crippen molar-refractivity contribution in [2.75, 3.05) is 20.3 Å². The van der Waals surface area contributed by atoms with Gasteiger partial charge in [-0.25, -0.2) is 0 Å². The summed E-state index contributed by atoms with van der Waals surface area (Å²) in [5.41, 5.74) is 2.53. The van der Waals surface area contributed by atoms with E-state index in [-0.39, 0.29) is 6.61 Å². The van der Waals surface area contributed by atoms with E-state index < -0.39 is 0 Å². The van der Waals surface area contributed by atoms with Crippen molar-refractivity contribution in [2.45, 2.75) is 45.4 Å². The van der Waals surface area contributed by atoms with Gasteiger partial charge in [0, 0.05) is 26.2 Å². The maximum Gasteiger partial charge on any atom is 0.0713 e. The van der Waals surface area contributed by atoms with Gasteiger partial charge in [0.25, 0.3) is 0 Å². The topological polar surface area (TPSA) is 32.7 Å². The zero-order chi connectivity index (χ0) is 14.4. The highest BCUT2D eigenvalue weighted by Gasteiger charge is 2.26. The fraction of sp³-hybridized carbons (Fsp3) is 0.647. The molecule has 0 spiro atoms. The maximum absolute atomic E-state index is 9.32. The maximum atomic E-state index is 9.32. The Morgan fingerprint density at radius 1 is 1.30 bits per heavy atom. The minimum absolute atomic E-state index is 0.239. The lowest BCUT2D eigenvalue weighted by Crippen LogP contribution is -2.35. The van der Waals surface area contributed by atoms with Crippen molar-refractivity contribution in [3.8, 4) is 0 Å². The molecule has 0 aromatic heterocycles. The summed E-state index contributed by atoms with van der Waals surface area (Å²) in [6, 6.07) is 9.20. The summed E-state index contributed by atoms with van der Waals surface area (Å²) in [6.45, 7) is 4.93. The summed E-state index contributed by atoms with van der Waals surface area (Å²) in [7, 11) is 1.73.